The van der Waals surface area contributed by atoms with E-state index in [4.69, 9.17) is 0 Å². The number of pyridine rings is 1. The topological polar surface area (TPSA) is 33.2 Å². The molecule has 1 heterocycles. The molecule has 0 bridgehead atoms. The first-order valence-electron chi connectivity index (χ1n) is 5.72. The van der Waals surface area contributed by atoms with Gasteiger partial charge < -0.3 is 4.90 Å². The third-order valence-corrected chi connectivity index (χ3v) is 3.62. The molecule has 5 heteroatoms. The Bertz CT molecular complexity index is 589. The van der Waals surface area contributed by atoms with Gasteiger partial charge in [0, 0.05) is 22.6 Å². The zero-order valence-electron chi connectivity index (χ0n) is 10.4. The second-order valence-corrected chi connectivity index (χ2v) is 5.52. The van der Waals surface area contributed by atoms with Gasteiger partial charge in [-0.25, -0.2) is 0 Å². The lowest BCUT2D eigenvalue weighted by Crippen LogP contribution is -2.26. The summed E-state index contributed by atoms with van der Waals surface area (Å²) in [6.07, 6.45) is 1.72. The smallest absolute Gasteiger partial charge is 0.255 e. The number of benzene rings is 1. The van der Waals surface area contributed by atoms with E-state index in [-0.39, 0.29) is 5.91 Å². The lowest BCUT2D eigenvalue weighted by Gasteiger charge is -2.17. The highest BCUT2D eigenvalue weighted by molar-refractivity contribution is 9.10. The van der Waals surface area contributed by atoms with Crippen LogP contribution in [-0.2, 0) is 6.54 Å². The summed E-state index contributed by atoms with van der Waals surface area (Å²) in [6.45, 7) is 0.475. The lowest BCUT2D eigenvalue weighted by atomic mass is 10.2. The van der Waals surface area contributed by atoms with Gasteiger partial charge in [0.15, 0.2) is 0 Å². The van der Waals surface area contributed by atoms with E-state index in [0.29, 0.717) is 12.1 Å². The molecule has 0 saturated carbocycles. The number of rotatable bonds is 3. The van der Waals surface area contributed by atoms with Crippen molar-refractivity contribution in [2.45, 2.75) is 11.4 Å². The minimum atomic E-state index is -0.0616. The molecule has 0 saturated heterocycles. The fourth-order valence-corrected chi connectivity index (χ4v) is 2.31. The van der Waals surface area contributed by atoms with Gasteiger partial charge in [-0.05, 0) is 46.3 Å². The highest BCUT2D eigenvalue weighted by Crippen LogP contribution is 2.21. The van der Waals surface area contributed by atoms with E-state index in [1.807, 2.05) is 30.3 Å². The summed E-state index contributed by atoms with van der Waals surface area (Å²) < 4.78 is 0.767. The lowest BCUT2D eigenvalue weighted by molar-refractivity contribution is 0.0782. The van der Waals surface area contributed by atoms with Crippen LogP contribution in [0.3, 0.4) is 0 Å². The van der Waals surface area contributed by atoms with Crippen molar-refractivity contribution in [1.29, 1.82) is 0 Å². The Kier molecular flexibility index (Phi) is 4.61. The third kappa shape index (κ3) is 3.58. The van der Waals surface area contributed by atoms with Gasteiger partial charge in [0.05, 0.1) is 17.8 Å². The summed E-state index contributed by atoms with van der Waals surface area (Å²) in [5.41, 5.74) is 1.46. The molecule has 0 radical (unpaired) electrons. The molecule has 0 spiro atoms. The van der Waals surface area contributed by atoms with Crippen LogP contribution in [0, 0.1) is 0 Å². The molecule has 1 amide bonds. The van der Waals surface area contributed by atoms with Crippen molar-refractivity contribution in [3.05, 3.63) is 58.3 Å². The molecule has 0 fully saturated rings. The predicted octanol–water partition coefficient (Wildman–Crippen LogP) is 3.41. The first kappa shape index (κ1) is 14.1. The number of hydrogen-bond acceptors (Lipinski definition) is 3. The molecule has 3 nitrogen and oxygen atoms in total. The molecule has 1 aromatic carbocycles. The Hall–Kier alpha value is -1.33. The van der Waals surface area contributed by atoms with Crippen LogP contribution in [0.4, 0.5) is 0 Å². The average molecular weight is 337 g/mol. The van der Waals surface area contributed by atoms with E-state index < -0.39 is 0 Å². The maximum absolute atomic E-state index is 12.4. The minimum Gasteiger partial charge on any atom is -0.336 e. The van der Waals surface area contributed by atoms with Gasteiger partial charge in [0.25, 0.3) is 5.91 Å². The van der Waals surface area contributed by atoms with E-state index >= 15 is 0 Å². The number of aromatic nitrogens is 1. The molecule has 0 aliphatic rings. The Labute approximate surface area is 126 Å². The van der Waals surface area contributed by atoms with Gasteiger partial charge >= 0.3 is 0 Å². The van der Waals surface area contributed by atoms with E-state index in [1.54, 1.807) is 24.2 Å². The molecule has 0 unspecified atom stereocenters. The molecule has 2 aromatic rings. The van der Waals surface area contributed by atoms with Crippen molar-refractivity contribution < 1.29 is 4.79 Å². The van der Waals surface area contributed by atoms with Crippen molar-refractivity contribution in [2.75, 3.05) is 7.05 Å². The van der Waals surface area contributed by atoms with Crippen molar-refractivity contribution in [1.82, 2.24) is 9.88 Å². The van der Waals surface area contributed by atoms with Gasteiger partial charge in [-0.15, -0.1) is 12.6 Å². The highest BCUT2D eigenvalue weighted by Gasteiger charge is 2.15. The minimum absolute atomic E-state index is 0.0616. The number of carbonyl (C=O) groups is 1. The summed E-state index contributed by atoms with van der Waals surface area (Å²) in [7, 11) is 1.76. The molecule has 98 valence electrons. The normalized spacial score (nSPS) is 10.3. The van der Waals surface area contributed by atoms with Gasteiger partial charge in [0.2, 0.25) is 0 Å². The SMILES string of the molecule is CN(Cc1ccccn1)C(=O)c1cc(S)ccc1Br. The van der Waals surface area contributed by atoms with Gasteiger partial charge in [-0.3, -0.25) is 9.78 Å². The van der Waals surface area contributed by atoms with Crippen LogP contribution in [0.25, 0.3) is 0 Å². The van der Waals surface area contributed by atoms with Crippen LogP contribution < -0.4 is 0 Å². The van der Waals surface area contributed by atoms with Gasteiger partial charge in [0.1, 0.15) is 0 Å². The molecule has 2 rings (SSSR count). The highest BCUT2D eigenvalue weighted by atomic mass is 79.9. The maximum atomic E-state index is 12.4. The average Bonchev–Trinajstić information content (AvgIpc) is 2.42. The third-order valence-electron chi connectivity index (χ3n) is 2.65. The standard InChI is InChI=1S/C14H13BrN2OS/c1-17(9-10-4-2-3-7-16-10)14(18)12-8-11(19)5-6-13(12)15/h2-8,19H,9H2,1H3. The molecule has 1 aromatic heterocycles. The molecule has 0 aliphatic heterocycles. The van der Waals surface area contributed by atoms with Crippen LogP contribution in [0.5, 0.6) is 0 Å². The monoisotopic (exact) mass is 336 g/mol. The van der Waals surface area contributed by atoms with Crippen LogP contribution in [-0.4, -0.2) is 22.8 Å². The quantitative estimate of drug-likeness (QED) is 0.871. The van der Waals surface area contributed by atoms with E-state index in [0.717, 1.165) is 15.1 Å². The summed E-state index contributed by atoms with van der Waals surface area (Å²) in [5, 5.41) is 0. The molecule has 0 atom stereocenters. The Morgan fingerprint density at radius 2 is 2.16 bits per heavy atom. The largest absolute Gasteiger partial charge is 0.336 e. The molecule has 0 N–H and O–H groups in total. The second kappa shape index (κ2) is 6.21. The molecular weight excluding hydrogens is 324 g/mol. The van der Waals surface area contributed by atoms with Crippen LogP contribution in [0.2, 0.25) is 0 Å². The molecule has 0 aliphatic carbocycles. The fraction of sp³-hybridized carbons (Fsp3) is 0.143. The van der Waals surface area contributed by atoms with Gasteiger partial charge in [-0.2, -0.15) is 0 Å². The van der Waals surface area contributed by atoms with Gasteiger partial charge in [-0.1, -0.05) is 6.07 Å². The zero-order chi connectivity index (χ0) is 13.8. The zero-order valence-corrected chi connectivity index (χ0v) is 12.9. The van der Waals surface area contributed by atoms with E-state index in [9.17, 15) is 4.79 Å². The summed E-state index contributed by atoms with van der Waals surface area (Å²) in [6, 6.07) is 11.1. The van der Waals surface area contributed by atoms with Crippen molar-refractivity contribution in [3.8, 4) is 0 Å². The number of carbonyl (C=O) groups excluding carboxylic acids is 1. The van der Waals surface area contributed by atoms with Crippen LogP contribution in [0.1, 0.15) is 16.1 Å². The first-order valence-corrected chi connectivity index (χ1v) is 6.96. The summed E-state index contributed by atoms with van der Waals surface area (Å²) in [4.78, 5) is 19.0. The Morgan fingerprint density at radius 1 is 1.37 bits per heavy atom. The Morgan fingerprint density at radius 3 is 2.84 bits per heavy atom. The number of amides is 1. The summed E-state index contributed by atoms with van der Waals surface area (Å²) >= 11 is 7.65. The van der Waals surface area contributed by atoms with Crippen molar-refractivity contribution >= 4 is 34.5 Å². The summed E-state index contributed by atoms with van der Waals surface area (Å²) in [5.74, 6) is -0.0616. The molecular formula is C14H13BrN2OS. The first-order chi connectivity index (χ1) is 9.08. The number of nitrogens with zero attached hydrogens (tertiary/aromatic N) is 2. The van der Waals surface area contributed by atoms with E-state index in [1.165, 1.54) is 0 Å². The van der Waals surface area contributed by atoms with Crippen molar-refractivity contribution in [3.63, 3.8) is 0 Å². The number of thiol groups is 1. The second-order valence-electron chi connectivity index (χ2n) is 4.15. The fourth-order valence-electron chi connectivity index (χ4n) is 1.69. The maximum Gasteiger partial charge on any atom is 0.255 e. The predicted molar refractivity (Wildman–Crippen MR) is 81.4 cm³/mol. The van der Waals surface area contributed by atoms with Crippen molar-refractivity contribution in [2.24, 2.45) is 0 Å². The van der Waals surface area contributed by atoms with Crippen LogP contribution in [0.15, 0.2) is 52.0 Å². The Balaban J connectivity index is 2.17. The molecule has 19 heavy (non-hydrogen) atoms. The van der Waals surface area contributed by atoms with E-state index in [2.05, 4.69) is 33.5 Å². The van der Waals surface area contributed by atoms with Crippen LogP contribution >= 0.6 is 28.6 Å². The number of halogens is 1. The number of hydrogen-bond donors (Lipinski definition) is 1.